The third kappa shape index (κ3) is 7.28. The first-order chi connectivity index (χ1) is 16.4. The van der Waals surface area contributed by atoms with Crippen LogP contribution in [0.1, 0.15) is 50.5 Å². The maximum atomic E-state index is 13.3. The van der Waals surface area contributed by atoms with Crippen LogP contribution in [-0.4, -0.2) is 33.1 Å². The summed E-state index contributed by atoms with van der Waals surface area (Å²) in [4.78, 5) is 17.8. The van der Waals surface area contributed by atoms with E-state index < -0.39 is 34.7 Å². The molecule has 0 aliphatic heterocycles. The average Bonchev–Trinajstić information content (AvgIpc) is 3.09. The zero-order valence-electron chi connectivity index (χ0n) is 19.5. The van der Waals surface area contributed by atoms with E-state index in [2.05, 4.69) is 15.4 Å². The van der Waals surface area contributed by atoms with Crippen molar-refractivity contribution in [3.8, 4) is 0 Å². The van der Waals surface area contributed by atoms with Gasteiger partial charge in [0.25, 0.3) is 0 Å². The van der Waals surface area contributed by atoms with Crippen molar-refractivity contribution < 1.29 is 27.5 Å². The van der Waals surface area contributed by atoms with Gasteiger partial charge in [-0.3, -0.25) is 14.5 Å². The molecule has 2 rings (SSSR count). The number of unbranched alkanes of at least 4 members (excludes halogenated alkanes) is 1. The minimum absolute atomic E-state index is 0.0227. The smallest absolute Gasteiger partial charge is 0.403 e. The summed E-state index contributed by atoms with van der Waals surface area (Å²) >= 11 is 5.88. The first-order valence-electron chi connectivity index (χ1n) is 10.9. The number of aromatic nitrogens is 2. The second-order valence-corrected chi connectivity index (χ2v) is 8.50. The molecule has 0 radical (unpaired) electrons. The van der Waals surface area contributed by atoms with E-state index in [4.69, 9.17) is 22.4 Å². The number of amides is 1. The van der Waals surface area contributed by atoms with Gasteiger partial charge in [0.15, 0.2) is 5.69 Å². The number of nitrogens with zero attached hydrogens (tertiary/aromatic N) is 3. The normalized spacial score (nSPS) is 13.9. The molecule has 1 atom stereocenters. The summed E-state index contributed by atoms with van der Waals surface area (Å²) in [6.45, 7) is 4.82. The van der Waals surface area contributed by atoms with Crippen molar-refractivity contribution in [3.05, 3.63) is 58.4 Å². The van der Waals surface area contributed by atoms with Gasteiger partial charge in [0.05, 0.1) is 27.8 Å². The van der Waals surface area contributed by atoms with Crippen molar-refractivity contribution in [2.45, 2.75) is 52.3 Å². The van der Waals surface area contributed by atoms with Gasteiger partial charge in [0.1, 0.15) is 11.9 Å². The minimum atomic E-state index is -4.80. The first-order valence-corrected chi connectivity index (χ1v) is 11.3. The van der Waals surface area contributed by atoms with Gasteiger partial charge in [0, 0.05) is 12.8 Å². The number of carbonyl (C=O) groups excluding carboxylic acids is 1. The third-order valence-electron chi connectivity index (χ3n) is 5.15. The summed E-state index contributed by atoms with van der Waals surface area (Å²) in [5.74, 6) is -1.33. The van der Waals surface area contributed by atoms with Gasteiger partial charge in [-0.15, -0.1) is 0 Å². The van der Waals surface area contributed by atoms with Crippen molar-refractivity contribution in [2.75, 3.05) is 6.61 Å². The number of aliphatic hydroxyl groups is 1. The molecule has 0 bridgehead atoms. The third-order valence-corrected chi connectivity index (χ3v) is 5.61. The van der Waals surface area contributed by atoms with Gasteiger partial charge >= 0.3 is 6.18 Å². The standard InChI is InChI=1S/C23H28ClF4N5O2/c1-13(2)20(30-16-9-7-15(25)8-10-16)17(12-29)31-22(35)18(6-4-5-11-34)33-14(3)19(24)21(32-33)23(26,27)28/h7-10,12-13,18,34H,4-6,11,29H2,1-3H3,(H,31,35). The van der Waals surface area contributed by atoms with Gasteiger partial charge in [-0.1, -0.05) is 25.4 Å². The molecule has 0 aliphatic carbocycles. The second-order valence-electron chi connectivity index (χ2n) is 8.12. The Bertz CT molecular complexity index is 1080. The lowest BCUT2D eigenvalue weighted by molar-refractivity contribution is -0.142. The van der Waals surface area contributed by atoms with Crippen LogP contribution in [-0.2, 0) is 11.0 Å². The summed E-state index contributed by atoms with van der Waals surface area (Å²) in [5.41, 5.74) is 5.42. The fourth-order valence-electron chi connectivity index (χ4n) is 3.36. The van der Waals surface area contributed by atoms with Gasteiger partial charge in [-0.05, 0) is 56.4 Å². The summed E-state index contributed by atoms with van der Waals surface area (Å²) in [7, 11) is 0. The molecule has 1 aromatic carbocycles. The van der Waals surface area contributed by atoms with E-state index in [9.17, 15) is 22.4 Å². The highest BCUT2D eigenvalue weighted by molar-refractivity contribution is 6.32. The van der Waals surface area contributed by atoms with E-state index in [0.29, 0.717) is 24.2 Å². The zero-order chi connectivity index (χ0) is 26.3. The topological polar surface area (TPSA) is 106 Å². The molecule has 7 nitrogen and oxygen atoms in total. The van der Waals surface area contributed by atoms with E-state index in [0.717, 1.165) is 10.9 Å². The van der Waals surface area contributed by atoms with Crippen LogP contribution in [0.15, 0.2) is 41.2 Å². The van der Waals surface area contributed by atoms with Crippen molar-refractivity contribution in [1.82, 2.24) is 15.1 Å². The summed E-state index contributed by atoms with van der Waals surface area (Å²) in [5, 5.41) is 14.8. The van der Waals surface area contributed by atoms with Gasteiger partial charge in [0.2, 0.25) is 5.91 Å². The van der Waals surface area contributed by atoms with E-state index in [1.54, 1.807) is 0 Å². The lowest BCUT2D eigenvalue weighted by Crippen LogP contribution is -2.37. The Labute approximate surface area is 205 Å². The predicted octanol–water partition coefficient (Wildman–Crippen LogP) is 5.05. The monoisotopic (exact) mass is 517 g/mol. The molecular formula is C23H28ClF4N5O2. The van der Waals surface area contributed by atoms with Crippen LogP contribution in [0.5, 0.6) is 0 Å². The molecule has 192 valence electrons. The molecule has 0 saturated carbocycles. The lowest BCUT2D eigenvalue weighted by atomic mass is 10.0. The first kappa shape index (κ1) is 28.3. The molecule has 0 fully saturated rings. The molecule has 35 heavy (non-hydrogen) atoms. The quantitative estimate of drug-likeness (QED) is 0.233. The largest absolute Gasteiger partial charge is 0.436 e. The number of halogens is 5. The lowest BCUT2D eigenvalue weighted by Gasteiger charge is -2.21. The highest BCUT2D eigenvalue weighted by Gasteiger charge is 2.39. The number of aliphatic hydroxyl groups excluding tert-OH is 1. The maximum absolute atomic E-state index is 13.3. The minimum Gasteiger partial charge on any atom is -0.403 e. The van der Waals surface area contributed by atoms with Crippen molar-refractivity contribution in [2.24, 2.45) is 16.6 Å². The highest BCUT2D eigenvalue weighted by atomic mass is 35.5. The maximum Gasteiger partial charge on any atom is 0.436 e. The Morgan fingerprint density at radius 3 is 2.40 bits per heavy atom. The highest BCUT2D eigenvalue weighted by Crippen LogP contribution is 2.36. The molecule has 4 N–H and O–H groups in total. The predicted molar refractivity (Wildman–Crippen MR) is 126 cm³/mol. The van der Waals surface area contributed by atoms with E-state index in [1.165, 1.54) is 31.2 Å². The summed E-state index contributed by atoms with van der Waals surface area (Å²) in [6, 6.07) is 4.23. The average molecular weight is 518 g/mol. The molecule has 12 heteroatoms. The number of carbonyl (C=O) groups is 1. The number of aliphatic imine (C=N–C) groups is 1. The Kier molecular flexibility index (Phi) is 9.84. The SMILES string of the molecule is Cc1c(Cl)c(C(F)(F)F)nn1C(CCCCO)C(=O)NC(=CN)C(=Nc1ccc(F)cc1)C(C)C. The van der Waals surface area contributed by atoms with E-state index >= 15 is 0 Å². The number of allylic oxidation sites excluding steroid dienone is 1. The van der Waals surface area contributed by atoms with Crippen LogP contribution in [0.3, 0.4) is 0 Å². The van der Waals surface area contributed by atoms with Crippen LogP contribution >= 0.6 is 11.6 Å². The van der Waals surface area contributed by atoms with Crippen LogP contribution in [0.4, 0.5) is 23.2 Å². The Balaban J connectivity index is 2.43. The zero-order valence-corrected chi connectivity index (χ0v) is 20.3. The number of hydrogen-bond acceptors (Lipinski definition) is 5. The Morgan fingerprint density at radius 1 is 1.29 bits per heavy atom. The summed E-state index contributed by atoms with van der Waals surface area (Å²) < 4.78 is 54.2. The molecule has 1 aromatic heterocycles. The Hall–Kier alpha value is -2.92. The fraction of sp³-hybridized carbons (Fsp3) is 0.435. The van der Waals surface area contributed by atoms with Crippen molar-refractivity contribution in [1.29, 1.82) is 0 Å². The number of nitrogens with two attached hydrogens (primary N) is 1. The summed E-state index contributed by atoms with van der Waals surface area (Å²) in [6.07, 6.45) is -2.89. The van der Waals surface area contributed by atoms with Gasteiger partial charge in [-0.25, -0.2) is 4.39 Å². The van der Waals surface area contributed by atoms with E-state index in [1.807, 2.05) is 13.8 Å². The Morgan fingerprint density at radius 2 is 1.91 bits per heavy atom. The molecule has 0 saturated heterocycles. The molecule has 1 amide bonds. The number of benzene rings is 1. The van der Waals surface area contributed by atoms with Crippen LogP contribution in [0, 0.1) is 18.7 Å². The van der Waals surface area contributed by atoms with Gasteiger partial charge in [-0.2, -0.15) is 18.3 Å². The molecule has 1 heterocycles. The molecule has 2 aromatic rings. The van der Waals surface area contributed by atoms with Crippen molar-refractivity contribution in [3.63, 3.8) is 0 Å². The van der Waals surface area contributed by atoms with Crippen LogP contribution in [0.25, 0.3) is 0 Å². The number of rotatable bonds is 10. The molecule has 0 aliphatic rings. The van der Waals surface area contributed by atoms with Crippen molar-refractivity contribution >= 4 is 28.9 Å². The fourth-order valence-corrected chi connectivity index (χ4v) is 3.59. The van der Waals surface area contributed by atoms with E-state index in [-0.39, 0.29) is 30.3 Å². The second kappa shape index (κ2) is 12.2. The molecular weight excluding hydrogens is 490 g/mol. The van der Waals surface area contributed by atoms with Crippen LogP contribution < -0.4 is 11.1 Å². The molecule has 0 spiro atoms. The number of hydrogen-bond donors (Lipinski definition) is 3. The number of alkyl halides is 3. The molecule has 1 unspecified atom stereocenters. The van der Waals surface area contributed by atoms with Gasteiger partial charge < -0.3 is 16.2 Å². The number of nitrogens with one attached hydrogen (secondary N) is 1. The van der Waals surface area contributed by atoms with Crippen LogP contribution in [0.2, 0.25) is 5.02 Å².